The van der Waals surface area contributed by atoms with Gasteiger partial charge in [-0.2, -0.15) is 0 Å². The quantitative estimate of drug-likeness (QED) is 0.486. The fourth-order valence-corrected chi connectivity index (χ4v) is 15.4. The van der Waals surface area contributed by atoms with E-state index in [1.165, 1.54) is 25.7 Å². The topological polar surface area (TPSA) is 0 Å². The molecule has 0 aromatic carbocycles. The summed E-state index contributed by atoms with van der Waals surface area (Å²) in [6.07, 6.45) is 5.75. The van der Waals surface area contributed by atoms with Crippen LogP contribution in [0.1, 0.15) is 67.2 Å². The summed E-state index contributed by atoms with van der Waals surface area (Å²) >= 11 is -1.55. The van der Waals surface area contributed by atoms with E-state index in [0.717, 1.165) is 9.50 Å². The maximum atomic E-state index is 2.51. The Labute approximate surface area is 101 Å². The molecule has 0 aromatic rings. The molecule has 0 fully saturated rings. The molecule has 1 heteroatoms. The Kier molecular flexibility index (Phi) is 8.04. The average Bonchev–Trinajstić information content (AvgIpc) is 2.17. The molecule has 0 radical (unpaired) electrons. The third-order valence-electron chi connectivity index (χ3n) is 4.29. The van der Waals surface area contributed by atoms with Crippen molar-refractivity contribution in [1.82, 2.24) is 0 Å². The van der Waals surface area contributed by atoms with E-state index in [-0.39, 0.29) is 0 Å². The maximum absolute atomic E-state index is 2.51. The third kappa shape index (κ3) is 4.50. The van der Waals surface area contributed by atoms with Gasteiger partial charge in [-0.25, -0.2) is 0 Å². The molecule has 0 aromatic heterocycles. The van der Waals surface area contributed by atoms with E-state index < -0.39 is 13.3 Å². The van der Waals surface area contributed by atoms with Gasteiger partial charge in [-0.1, -0.05) is 0 Å². The first-order chi connectivity index (χ1) is 7.01. The molecule has 92 valence electrons. The molecule has 0 spiro atoms. The van der Waals surface area contributed by atoms with E-state index in [1.54, 1.807) is 10.5 Å². The van der Waals surface area contributed by atoms with Gasteiger partial charge in [0.1, 0.15) is 0 Å². The summed E-state index contributed by atoms with van der Waals surface area (Å²) in [5.74, 6) is 0. The summed E-state index contributed by atoms with van der Waals surface area (Å²) in [5, 5.41) is 3.23. The van der Waals surface area contributed by atoms with Crippen LogP contribution in [0.15, 0.2) is 0 Å². The second-order valence-electron chi connectivity index (χ2n) is 5.75. The Hall–Kier alpha value is 0.543. The molecular weight excluding hydrogens is 241 g/mol. The Morgan fingerprint density at radius 1 is 0.733 bits per heavy atom. The molecule has 0 aliphatic carbocycles. The summed E-state index contributed by atoms with van der Waals surface area (Å²) in [4.78, 5) is 0. The molecule has 0 heterocycles. The van der Waals surface area contributed by atoms with Crippen molar-refractivity contribution in [3.05, 3.63) is 0 Å². The molecule has 0 unspecified atom stereocenters. The van der Waals surface area contributed by atoms with Crippen molar-refractivity contribution >= 4 is 13.3 Å². The van der Waals surface area contributed by atoms with E-state index in [2.05, 4.69) is 41.5 Å². The van der Waals surface area contributed by atoms with E-state index in [4.69, 9.17) is 0 Å². The van der Waals surface area contributed by atoms with Crippen LogP contribution in [-0.2, 0) is 0 Å². The van der Waals surface area contributed by atoms with Gasteiger partial charge >= 0.3 is 100 Å². The fourth-order valence-electron chi connectivity index (χ4n) is 2.96. The number of rotatable bonds is 8. The van der Waals surface area contributed by atoms with E-state index in [0.29, 0.717) is 0 Å². The summed E-state index contributed by atoms with van der Waals surface area (Å²) in [6, 6.07) is 0. The average molecular weight is 273 g/mol. The monoisotopic (exact) mass is 274 g/mol. The normalized spacial score (nSPS) is 12.8. The second kappa shape index (κ2) is 7.76. The molecule has 0 aliphatic heterocycles. The van der Waals surface area contributed by atoms with Crippen molar-refractivity contribution in [2.75, 3.05) is 0 Å². The van der Waals surface area contributed by atoms with Crippen LogP contribution in [0.2, 0.25) is 20.0 Å². The van der Waals surface area contributed by atoms with E-state index in [9.17, 15) is 0 Å². The minimum absolute atomic E-state index is 1.02. The van der Waals surface area contributed by atoms with Crippen LogP contribution in [-0.4, -0.2) is 13.3 Å². The van der Waals surface area contributed by atoms with Crippen molar-refractivity contribution in [2.45, 2.75) is 87.2 Å². The zero-order valence-electron chi connectivity index (χ0n) is 11.9. The molecule has 0 bridgehead atoms. The first-order valence-corrected chi connectivity index (χ1v) is 12.4. The number of hydrogen-bond donors (Lipinski definition) is 0. The molecule has 0 amide bonds. The van der Waals surface area contributed by atoms with Gasteiger partial charge in [0.25, 0.3) is 0 Å². The number of unbranched alkanes of at least 4 members (excludes halogenated alkanes) is 2. The van der Waals surface area contributed by atoms with Crippen molar-refractivity contribution in [3.63, 3.8) is 0 Å². The molecule has 0 rings (SSSR count). The molecule has 0 saturated carbocycles. The van der Waals surface area contributed by atoms with Gasteiger partial charge < -0.3 is 0 Å². The Bertz CT molecular complexity index is 131. The van der Waals surface area contributed by atoms with Crippen LogP contribution in [0.4, 0.5) is 0 Å². The molecule has 0 atom stereocenters. The first kappa shape index (κ1) is 15.5. The summed E-state index contributed by atoms with van der Waals surface area (Å²) in [6.45, 7) is 14.7. The zero-order chi connectivity index (χ0) is 11.9. The van der Waals surface area contributed by atoms with Gasteiger partial charge in [0.15, 0.2) is 0 Å². The van der Waals surface area contributed by atoms with E-state index >= 15 is 0 Å². The van der Waals surface area contributed by atoms with Crippen molar-refractivity contribution in [1.29, 1.82) is 0 Å². The van der Waals surface area contributed by atoms with Gasteiger partial charge in [-0.15, -0.1) is 0 Å². The molecule has 0 N–H and O–H groups in total. The second-order valence-corrected chi connectivity index (χ2v) is 17.9. The van der Waals surface area contributed by atoms with Crippen LogP contribution in [0.5, 0.6) is 0 Å². The fraction of sp³-hybridized carbons (Fsp3) is 1.00. The van der Waals surface area contributed by atoms with Crippen LogP contribution >= 0.6 is 0 Å². The van der Waals surface area contributed by atoms with E-state index in [1.807, 2.05) is 0 Å². The summed E-state index contributed by atoms with van der Waals surface area (Å²) in [7, 11) is 0. The van der Waals surface area contributed by atoms with Gasteiger partial charge in [-0.05, 0) is 0 Å². The van der Waals surface area contributed by atoms with Gasteiger partial charge in [-0.3, -0.25) is 0 Å². The van der Waals surface area contributed by atoms with Gasteiger partial charge in [0.2, 0.25) is 0 Å². The molecule has 0 saturated heterocycles. The van der Waals surface area contributed by atoms with Crippen molar-refractivity contribution in [3.8, 4) is 0 Å². The third-order valence-corrected chi connectivity index (χ3v) is 19.3. The Balaban J connectivity index is 4.57. The van der Waals surface area contributed by atoms with Gasteiger partial charge in [0.05, 0.1) is 0 Å². The predicted molar refractivity (Wildman–Crippen MR) is 75.4 cm³/mol. The Morgan fingerprint density at radius 2 is 1.07 bits per heavy atom. The summed E-state index contributed by atoms with van der Waals surface area (Å²) < 4.78 is 2.03. The summed E-state index contributed by atoms with van der Waals surface area (Å²) in [5.41, 5.74) is 0. The van der Waals surface area contributed by atoms with Crippen LogP contribution in [0.3, 0.4) is 0 Å². The SMILES string of the molecule is CCC[CH2][Ge]([CH2]CCC)([CH](C)C)[CH](C)C. The Morgan fingerprint density at radius 3 is 1.27 bits per heavy atom. The van der Waals surface area contributed by atoms with Crippen molar-refractivity contribution < 1.29 is 0 Å². The van der Waals surface area contributed by atoms with Crippen molar-refractivity contribution in [2.24, 2.45) is 0 Å². The minimum atomic E-state index is -1.55. The first-order valence-electron chi connectivity index (χ1n) is 7.01. The molecule has 15 heavy (non-hydrogen) atoms. The van der Waals surface area contributed by atoms with Gasteiger partial charge in [0, 0.05) is 0 Å². The standard InChI is InChI=1S/C14H32Ge/c1-7-9-11-15(13(3)4,14(5)6)12-10-8-2/h13-14H,7-12H2,1-6H3. The molecular formula is C14H32Ge. The molecule has 0 nitrogen and oxygen atoms in total. The van der Waals surface area contributed by atoms with Crippen LogP contribution in [0.25, 0.3) is 0 Å². The van der Waals surface area contributed by atoms with Crippen LogP contribution < -0.4 is 0 Å². The predicted octanol–water partition coefficient (Wildman–Crippen LogP) is 5.86. The molecule has 0 aliphatic rings. The zero-order valence-corrected chi connectivity index (χ0v) is 14.0. The number of hydrogen-bond acceptors (Lipinski definition) is 0. The van der Waals surface area contributed by atoms with Crippen LogP contribution in [0, 0.1) is 0 Å².